The quantitative estimate of drug-likeness (QED) is 0.109. The van der Waals surface area contributed by atoms with Crippen LogP contribution in [0.4, 0.5) is 0 Å². The van der Waals surface area contributed by atoms with Gasteiger partial charge in [0, 0.05) is 30.5 Å². The van der Waals surface area contributed by atoms with Crippen molar-refractivity contribution < 1.29 is 13.9 Å². The van der Waals surface area contributed by atoms with Gasteiger partial charge < -0.3 is 13.9 Å². The molecule has 0 saturated carbocycles. The van der Waals surface area contributed by atoms with Crippen molar-refractivity contribution in [3.05, 3.63) is 133 Å². The fourth-order valence-electron chi connectivity index (χ4n) is 4.81. The highest BCUT2D eigenvalue weighted by Gasteiger charge is 2.18. The summed E-state index contributed by atoms with van der Waals surface area (Å²) in [6, 6.07) is 23.9. The van der Waals surface area contributed by atoms with E-state index in [0.717, 1.165) is 25.5 Å². The Morgan fingerprint density at radius 3 is 2.68 bits per heavy atom. The van der Waals surface area contributed by atoms with Crippen LogP contribution < -0.4 is 15.0 Å². The van der Waals surface area contributed by atoms with Crippen LogP contribution in [0.2, 0.25) is 5.02 Å². The Labute approximate surface area is 274 Å². The Bertz CT molecular complexity index is 2140. The molecule has 0 saturated heterocycles. The number of ether oxygens (including phenoxy) is 2. The van der Waals surface area contributed by atoms with Crippen molar-refractivity contribution in [2.75, 3.05) is 7.11 Å². The predicted molar refractivity (Wildman–Crippen MR) is 182 cm³/mol. The van der Waals surface area contributed by atoms with Crippen molar-refractivity contribution in [1.82, 2.24) is 9.66 Å². The number of aromatic nitrogens is 2. The van der Waals surface area contributed by atoms with Gasteiger partial charge in [0.25, 0.3) is 5.56 Å². The van der Waals surface area contributed by atoms with Crippen molar-refractivity contribution in [1.29, 1.82) is 0 Å². The molecule has 0 aliphatic rings. The Kier molecular flexibility index (Phi) is 8.70. The van der Waals surface area contributed by atoms with Crippen molar-refractivity contribution >= 4 is 71.5 Å². The molecule has 10 heteroatoms. The predicted octanol–water partition coefficient (Wildman–Crippen LogP) is 9.19. The van der Waals surface area contributed by atoms with Gasteiger partial charge in [0.15, 0.2) is 17.3 Å². The van der Waals surface area contributed by atoms with Gasteiger partial charge in [0.1, 0.15) is 12.2 Å². The standard InChI is InChI=1S/C34H24Br2ClN3O4/c1-3-6-21-13-20(14-30(42-2)32(21)43-19-22-9-10-24(35)17-27(22)36)18-38-40-33(39-28-8-5-4-7-26(28)34(40)41)31-16-23-15-25(37)11-12-29(23)44-31/h3-5,7-18H,1,6,19H2,2H3. The van der Waals surface area contributed by atoms with Gasteiger partial charge in [-0.1, -0.05) is 67.7 Å². The van der Waals surface area contributed by atoms with Crippen LogP contribution in [0.1, 0.15) is 16.7 Å². The molecule has 0 bridgehead atoms. The molecule has 0 unspecified atom stereocenters. The first-order valence-electron chi connectivity index (χ1n) is 13.5. The molecule has 0 amide bonds. The molecule has 0 N–H and O–H groups in total. The van der Waals surface area contributed by atoms with Gasteiger partial charge in [-0.25, -0.2) is 4.98 Å². The first kappa shape index (κ1) is 29.9. The highest BCUT2D eigenvalue weighted by atomic mass is 79.9. The van der Waals surface area contributed by atoms with Gasteiger partial charge in [0.2, 0.25) is 5.82 Å². The van der Waals surface area contributed by atoms with Crippen molar-refractivity contribution in [3.63, 3.8) is 0 Å². The zero-order valence-electron chi connectivity index (χ0n) is 23.4. The second-order valence-electron chi connectivity index (χ2n) is 9.84. The van der Waals surface area contributed by atoms with E-state index in [2.05, 4.69) is 43.5 Å². The van der Waals surface area contributed by atoms with Gasteiger partial charge in [-0.15, -0.1) is 6.58 Å². The summed E-state index contributed by atoms with van der Waals surface area (Å²) in [5.41, 5.74) is 3.34. The maximum atomic E-state index is 13.7. The van der Waals surface area contributed by atoms with Crippen LogP contribution in [0.5, 0.6) is 11.5 Å². The van der Waals surface area contributed by atoms with Gasteiger partial charge in [-0.3, -0.25) is 4.79 Å². The van der Waals surface area contributed by atoms with E-state index in [1.165, 1.54) is 4.68 Å². The molecule has 0 spiro atoms. The number of benzene rings is 4. The highest BCUT2D eigenvalue weighted by molar-refractivity contribution is 9.11. The average molecular weight is 734 g/mol. The SMILES string of the molecule is C=CCc1cc(C=Nn2c(-c3cc4cc(Cl)ccc4o3)nc3ccccc3c2=O)cc(OC)c1OCc1ccc(Br)cc1Br. The summed E-state index contributed by atoms with van der Waals surface area (Å²) in [6.45, 7) is 4.24. The third kappa shape index (κ3) is 6.08. The number of para-hydroxylation sites is 1. The number of hydrogen-bond donors (Lipinski definition) is 0. The molecule has 0 fully saturated rings. The Morgan fingerprint density at radius 2 is 1.89 bits per heavy atom. The van der Waals surface area contributed by atoms with E-state index in [1.54, 1.807) is 61.9 Å². The lowest BCUT2D eigenvalue weighted by Gasteiger charge is -2.16. The minimum Gasteiger partial charge on any atom is -0.493 e. The van der Waals surface area contributed by atoms with E-state index >= 15 is 0 Å². The number of furan rings is 1. The van der Waals surface area contributed by atoms with Crippen LogP contribution in [-0.4, -0.2) is 23.0 Å². The zero-order chi connectivity index (χ0) is 30.8. The van der Waals surface area contributed by atoms with Crippen LogP contribution in [-0.2, 0) is 13.0 Å². The summed E-state index contributed by atoms with van der Waals surface area (Å²) in [7, 11) is 1.58. The monoisotopic (exact) mass is 731 g/mol. The lowest BCUT2D eigenvalue weighted by atomic mass is 10.1. The van der Waals surface area contributed by atoms with Crippen LogP contribution in [0.15, 0.2) is 115 Å². The molecular formula is C34H24Br2ClN3O4. The van der Waals surface area contributed by atoms with Crippen LogP contribution in [0.3, 0.4) is 0 Å². The van der Waals surface area contributed by atoms with E-state index in [-0.39, 0.29) is 11.4 Å². The Balaban J connectivity index is 1.42. The molecule has 6 rings (SSSR count). The number of allylic oxidation sites excluding steroid dienone is 1. The third-order valence-electron chi connectivity index (χ3n) is 6.90. The molecule has 0 radical (unpaired) electrons. The van der Waals surface area contributed by atoms with E-state index in [4.69, 9.17) is 30.5 Å². The normalized spacial score (nSPS) is 11.5. The fraction of sp³-hybridized carbons (Fsp3) is 0.0882. The van der Waals surface area contributed by atoms with Crippen LogP contribution in [0, 0.1) is 0 Å². The summed E-state index contributed by atoms with van der Waals surface area (Å²) in [4.78, 5) is 18.5. The number of halogens is 3. The molecule has 2 aromatic heterocycles. The topological polar surface area (TPSA) is 78.9 Å². The van der Waals surface area contributed by atoms with Crippen LogP contribution >= 0.6 is 43.5 Å². The fourth-order valence-corrected chi connectivity index (χ4v) is 6.15. The minimum atomic E-state index is -0.335. The van der Waals surface area contributed by atoms with E-state index in [0.29, 0.717) is 57.4 Å². The Morgan fingerprint density at radius 1 is 1.05 bits per heavy atom. The highest BCUT2D eigenvalue weighted by Crippen LogP contribution is 2.35. The van der Waals surface area contributed by atoms with Crippen molar-refractivity contribution in [2.45, 2.75) is 13.0 Å². The maximum absolute atomic E-state index is 13.7. The van der Waals surface area contributed by atoms with Gasteiger partial charge in [-0.2, -0.15) is 9.78 Å². The zero-order valence-corrected chi connectivity index (χ0v) is 27.3. The Hall–Kier alpha value is -4.18. The summed E-state index contributed by atoms with van der Waals surface area (Å²) in [5.74, 6) is 1.77. The number of methoxy groups -OCH3 is 1. The lowest BCUT2D eigenvalue weighted by Crippen LogP contribution is -2.20. The van der Waals surface area contributed by atoms with E-state index in [9.17, 15) is 4.79 Å². The number of fused-ring (bicyclic) bond motifs is 2. The first-order chi connectivity index (χ1) is 21.3. The molecule has 0 atom stereocenters. The van der Waals surface area contributed by atoms with E-state index < -0.39 is 0 Å². The molecule has 6 aromatic rings. The minimum absolute atomic E-state index is 0.260. The summed E-state index contributed by atoms with van der Waals surface area (Å²) >= 11 is 13.3. The van der Waals surface area contributed by atoms with Gasteiger partial charge in [-0.05, 0) is 72.6 Å². The molecule has 7 nitrogen and oxygen atoms in total. The molecule has 2 heterocycles. The lowest BCUT2D eigenvalue weighted by molar-refractivity contribution is 0.281. The maximum Gasteiger partial charge on any atom is 0.282 e. The molecule has 0 aliphatic heterocycles. The average Bonchev–Trinajstić information content (AvgIpc) is 3.44. The molecule has 4 aromatic carbocycles. The van der Waals surface area contributed by atoms with Crippen molar-refractivity contribution in [3.8, 4) is 23.1 Å². The molecule has 44 heavy (non-hydrogen) atoms. The summed E-state index contributed by atoms with van der Waals surface area (Å²) in [6.07, 6.45) is 3.91. The molecular weight excluding hydrogens is 710 g/mol. The largest absolute Gasteiger partial charge is 0.493 e. The van der Waals surface area contributed by atoms with Gasteiger partial charge in [0.05, 0.1) is 24.2 Å². The molecule has 220 valence electrons. The van der Waals surface area contributed by atoms with Gasteiger partial charge >= 0.3 is 0 Å². The second kappa shape index (κ2) is 12.8. The number of hydrogen-bond acceptors (Lipinski definition) is 6. The van der Waals surface area contributed by atoms with E-state index in [1.807, 2.05) is 36.4 Å². The summed E-state index contributed by atoms with van der Waals surface area (Å²) in [5, 5.41) is 6.40. The second-order valence-corrected chi connectivity index (χ2v) is 12.0. The van der Waals surface area contributed by atoms with Crippen molar-refractivity contribution in [2.24, 2.45) is 5.10 Å². The smallest absolute Gasteiger partial charge is 0.282 e. The third-order valence-corrected chi connectivity index (χ3v) is 8.37. The van der Waals surface area contributed by atoms with Crippen LogP contribution in [0.25, 0.3) is 33.5 Å². The first-order valence-corrected chi connectivity index (χ1v) is 15.4. The molecule has 0 aliphatic carbocycles. The number of rotatable bonds is 9. The summed E-state index contributed by atoms with van der Waals surface area (Å²) < 4.78 is 21.2. The number of nitrogens with zero attached hydrogens (tertiary/aromatic N) is 3.